The summed E-state index contributed by atoms with van der Waals surface area (Å²) in [6.07, 6.45) is 3.15. The fraction of sp³-hybridized carbons (Fsp3) is 0.143. The second-order valence-corrected chi connectivity index (χ2v) is 3.44. The molecule has 0 spiro atoms. The Hall–Kier alpha value is -1.30. The van der Waals surface area contributed by atoms with Gasteiger partial charge in [-0.25, -0.2) is 9.78 Å². The van der Waals surface area contributed by atoms with E-state index >= 15 is 0 Å². The van der Waals surface area contributed by atoms with Crippen LogP contribution in [0.5, 0.6) is 0 Å². The Morgan fingerprint density at radius 1 is 1.69 bits per heavy atom. The molecule has 5 nitrogen and oxygen atoms in total. The monoisotopic (exact) mass is 243 g/mol. The highest BCUT2D eigenvalue weighted by Gasteiger charge is 2.14. The van der Waals surface area contributed by atoms with Gasteiger partial charge in [0.25, 0.3) is 0 Å². The first kappa shape index (κ1) is 8.31. The molecule has 0 unspecified atom stereocenters. The molecule has 0 atom stereocenters. The third-order valence-corrected chi connectivity index (χ3v) is 2.45. The molecule has 0 radical (unpaired) electrons. The van der Waals surface area contributed by atoms with Gasteiger partial charge in [-0.05, 0) is 15.9 Å². The van der Waals surface area contributed by atoms with E-state index in [2.05, 4.69) is 20.9 Å². The minimum absolute atomic E-state index is 0.212. The summed E-state index contributed by atoms with van der Waals surface area (Å²) in [6.45, 7) is 0. The molecule has 0 aliphatic carbocycles. The zero-order chi connectivity index (χ0) is 9.59. The second kappa shape index (κ2) is 2.59. The number of aromatic nitrogens is 3. The van der Waals surface area contributed by atoms with Gasteiger partial charge < -0.3 is 9.67 Å². The van der Waals surface area contributed by atoms with Crippen LogP contribution in [0.25, 0.3) is 5.78 Å². The molecule has 0 saturated carbocycles. The van der Waals surface area contributed by atoms with Crippen LogP contribution in [0.1, 0.15) is 10.5 Å². The minimum atomic E-state index is -0.958. The van der Waals surface area contributed by atoms with Gasteiger partial charge in [0.1, 0.15) is 10.3 Å². The zero-order valence-electron chi connectivity index (χ0n) is 6.73. The van der Waals surface area contributed by atoms with E-state index < -0.39 is 5.97 Å². The predicted octanol–water partition coefficient (Wildman–Crippen LogP) is 1.13. The molecule has 0 aromatic carbocycles. The molecule has 2 aromatic heterocycles. The van der Waals surface area contributed by atoms with E-state index in [-0.39, 0.29) is 5.69 Å². The second-order valence-electron chi connectivity index (χ2n) is 2.63. The highest BCUT2D eigenvalue weighted by atomic mass is 79.9. The maximum atomic E-state index is 10.7. The number of aromatic carboxylic acids is 1. The highest BCUT2D eigenvalue weighted by Crippen LogP contribution is 2.15. The fourth-order valence-corrected chi connectivity index (χ4v) is 1.58. The number of imidazole rings is 2. The van der Waals surface area contributed by atoms with Crippen LogP contribution < -0.4 is 0 Å². The van der Waals surface area contributed by atoms with Crippen molar-refractivity contribution in [3.8, 4) is 0 Å². The van der Waals surface area contributed by atoms with Gasteiger partial charge in [-0.2, -0.15) is 0 Å². The smallest absolute Gasteiger partial charge is 0.354 e. The van der Waals surface area contributed by atoms with E-state index in [1.165, 1.54) is 10.8 Å². The molecule has 2 rings (SSSR count). The van der Waals surface area contributed by atoms with Crippen LogP contribution in [0.3, 0.4) is 0 Å². The molecule has 6 heteroatoms. The summed E-state index contributed by atoms with van der Waals surface area (Å²) in [5, 5.41) is 8.80. The van der Waals surface area contributed by atoms with Gasteiger partial charge >= 0.3 is 5.97 Å². The van der Waals surface area contributed by atoms with Gasteiger partial charge in [0.05, 0.1) is 6.20 Å². The van der Waals surface area contributed by atoms with Crippen molar-refractivity contribution in [3.63, 3.8) is 0 Å². The van der Waals surface area contributed by atoms with Crippen molar-refractivity contribution in [3.05, 3.63) is 22.7 Å². The van der Waals surface area contributed by atoms with E-state index in [4.69, 9.17) is 5.11 Å². The summed E-state index contributed by atoms with van der Waals surface area (Å²) in [6, 6.07) is 0. The number of hydrogen-bond acceptors (Lipinski definition) is 2. The molecular formula is C7H6BrN3O2. The number of hydrogen-bond donors (Lipinski definition) is 1. The SMILES string of the molecule is Cn1c(C(=O)O)cn2c(Br)cnc12. The maximum Gasteiger partial charge on any atom is 0.354 e. The number of aryl methyl sites for hydroxylation is 1. The van der Waals surface area contributed by atoms with Gasteiger partial charge in [0.2, 0.25) is 5.78 Å². The quantitative estimate of drug-likeness (QED) is 0.818. The van der Waals surface area contributed by atoms with Crippen molar-refractivity contribution < 1.29 is 9.90 Å². The average Bonchev–Trinajstić information content (AvgIpc) is 2.55. The maximum absolute atomic E-state index is 10.7. The summed E-state index contributed by atoms with van der Waals surface area (Å²) >= 11 is 3.26. The van der Waals surface area contributed by atoms with Gasteiger partial charge in [0.15, 0.2) is 0 Å². The normalized spacial score (nSPS) is 10.9. The van der Waals surface area contributed by atoms with Crippen molar-refractivity contribution in [2.24, 2.45) is 7.05 Å². The van der Waals surface area contributed by atoms with Crippen LogP contribution in [0.2, 0.25) is 0 Å². The topological polar surface area (TPSA) is 59.5 Å². The number of halogens is 1. The first-order chi connectivity index (χ1) is 6.11. The Morgan fingerprint density at radius 3 is 2.92 bits per heavy atom. The van der Waals surface area contributed by atoms with Crippen molar-refractivity contribution in [2.75, 3.05) is 0 Å². The van der Waals surface area contributed by atoms with Crippen molar-refractivity contribution in [2.45, 2.75) is 0 Å². The molecule has 0 aliphatic rings. The third kappa shape index (κ3) is 1.06. The number of rotatable bonds is 1. The Kier molecular flexibility index (Phi) is 1.66. The number of carboxylic acid groups (broad SMARTS) is 1. The molecule has 2 heterocycles. The molecule has 2 aromatic rings. The van der Waals surface area contributed by atoms with Gasteiger partial charge in [-0.15, -0.1) is 0 Å². The van der Waals surface area contributed by atoms with E-state index in [0.717, 1.165) is 4.60 Å². The summed E-state index contributed by atoms with van der Waals surface area (Å²) in [4.78, 5) is 14.8. The Bertz CT molecular complexity index is 485. The fourth-order valence-electron chi connectivity index (χ4n) is 1.21. The lowest BCUT2D eigenvalue weighted by Gasteiger charge is -1.93. The third-order valence-electron chi connectivity index (χ3n) is 1.86. The molecule has 0 aliphatic heterocycles. The van der Waals surface area contributed by atoms with Crippen molar-refractivity contribution >= 4 is 27.7 Å². The standard InChI is InChI=1S/C7H6BrN3O2/c1-10-4(6(12)13)3-11-5(8)2-9-7(10)11/h2-3H,1H3,(H,12,13). The first-order valence-electron chi connectivity index (χ1n) is 3.53. The summed E-state index contributed by atoms with van der Waals surface area (Å²) in [5.41, 5.74) is 0.212. The van der Waals surface area contributed by atoms with Crippen molar-refractivity contribution in [1.82, 2.24) is 14.0 Å². The predicted molar refractivity (Wildman–Crippen MR) is 48.8 cm³/mol. The molecule has 0 bridgehead atoms. The molecule has 0 fully saturated rings. The van der Waals surface area contributed by atoms with Gasteiger partial charge in [-0.1, -0.05) is 0 Å². The number of carboxylic acids is 1. The molecule has 1 N–H and O–H groups in total. The Balaban J connectivity index is 2.81. The van der Waals surface area contributed by atoms with E-state index in [1.54, 1.807) is 17.6 Å². The van der Waals surface area contributed by atoms with Gasteiger partial charge in [-0.3, -0.25) is 4.40 Å². The minimum Gasteiger partial charge on any atom is -0.477 e. The summed E-state index contributed by atoms with van der Waals surface area (Å²) < 4.78 is 3.93. The molecular weight excluding hydrogens is 238 g/mol. The van der Waals surface area contributed by atoms with Crippen molar-refractivity contribution in [1.29, 1.82) is 0 Å². The van der Waals surface area contributed by atoms with Crippen LogP contribution in [-0.4, -0.2) is 25.0 Å². The highest BCUT2D eigenvalue weighted by molar-refractivity contribution is 9.10. The molecule has 13 heavy (non-hydrogen) atoms. The number of nitrogens with zero attached hydrogens (tertiary/aromatic N) is 3. The lowest BCUT2D eigenvalue weighted by molar-refractivity contribution is 0.0687. The number of fused-ring (bicyclic) bond motifs is 1. The van der Waals surface area contributed by atoms with Crippen LogP contribution in [0, 0.1) is 0 Å². The number of carbonyl (C=O) groups is 1. The van der Waals surface area contributed by atoms with Crippen LogP contribution in [0.15, 0.2) is 17.0 Å². The lowest BCUT2D eigenvalue weighted by Crippen LogP contribution is -2.03. The van der Waals surface area contributed by atoms with Crippen LogP contribution in [-0.2, 0) is 7.05 Å². The van der Waals surface area contributed by atoms with Gasteiger partial charge in [0, 0.05) is 13.2 Å². The average molecular weight is 244 g/mol. The van der Waals surface area contributed by atoms with E-state index in [1.807, 2.05) is 0 Å². The first-order valence-corrected chi connectivity index (χ1v) is 4.32. The largest absolute Gasteiger partial charge is 0.477 e. The lowest BCUT2D eigenvalue weighted by atomic mass is 10.5. The van der Waals surface area contributed by atoms with Crippen LogP contribution >= 0.6 is 15.9 Å². The van der Waals surface area contributed by atoms with Crippen LogP contribution in [0.4, 0.5) is 0 Å². The zero-order valence-corrected chi connectivity index (χ0v) is 8.32. The molecule has 68 valence electrons. The van der Waals surface area contributed by atoms with E-state index in [9.17, 15) is 4.79 Å². The van der Waals surface area contributed by atoms with E-state index in [0.29, 0.717) is 5.78 Å². The summed E-state index contributed by atoms with van der Waals surface area (Å²) in [7, 11) is 1.66. The Labute approximate surface area is 81.7 Å². The molecule has 0 saturated heterocycles. The molecule has 0 amide bonds. The Morgan fingerprint density at radius 2 is 2.38 bits per heavy atom. The summed E-state index contributed by atoms with van der Waals surface area (Å²) in [5.74, 6) is -0.357.